The van der Waals surface area contributed by atoms with E-state index in [1.54, 1.807) is 11.8 Å². The highest BCUT2D eigenvalue weighted by atomic mass is 32.2. The number of para-hydroxylation sites is 1. The molecule has 0 amide bonds. The van der Waals surface area contributed by atoms with Crippen molar-refractivity contribution in [2.24, 2.45) is 0 Å². The number of aromatic nitrogens is 1. The summed E-state index contributed by atoms with van der Waals surface area (Å²) in [5, 5.41) is 12.9. The van der Waals surface area contributed by atoms with Gasteiger partial charge in [-0.2, -0.15) is 0 Å². The molecule has 2 N–H and O–H groups in total. The van der Waals surface area contributed by atoms with Crippen LogP contribution in [0.5, 0.6) is 0 Å². The van der Waals surface area contributed by atoms with E-state index in [1.807, 2.05) is 6.07 Å². The van der Waals surface area contributed by atoms with Crippen LogP contribution < -0.4 is 0 Å². The SMILES string of the molecule is OC1CCCCCC1Sc1cc2ccccc2[nH]1. The molecule has 1 fully saturated rings. The number of thioether (sulfide) groups is 1. The monoisotopic (exact) mass is 261 g/mol. The Morgan fingerprint density at radius 2 is 1.94 bits per heavy atom. The lowest BCUT2D eigenvalue weighted by atomic mass is 10.1. The number of aliphatic hydroxyl groups excluding tert-OH is 1. The Labute approximate surface area is 112 Å². The Balaban J connectivity index is 1.78. The Hall–Kier alpha value is -0.930. The summed E-state index contributed by atoms with van der Waals surface area (Å²) in [6, 6.07) is 10.5. The van der Waals surface area contributed by atoms with Gasteiger partial charge in [0.2, 0.25) is 0 Å². The predicted octanol–water partition coefficient (Wildman–Crippen LogP) is 3.95. The molecule has 0 aliphatic heterocycles. The van der Waals surface area contributed by atoms with Crippen molar-refractivity contribution in [1.29, 1.82) is 0 Å². The molecule has 1 aliphatic rings. The summed E-state index contributed by atoms with van der Waals surface area (Å²) in [5.41, 5.74) is 1.18. The lowest BCUT2D eigenvalue weighted by Gasteiger charge is -2.18. The summed E-state index contributed by atoms with van der Waals surface area (Å²) < 4.78 is 0. The van der Waals surface area contributed by atoms with Gasteiger partial charge in [0.05, 0.1) is 11.1 Å². The number of aromatic amines is 1. The van der Waals surface area contributed by atoms with Crippen LogP contribution in [0.1, 0.15) is 32.1 Å². The van der Waals surface area contributed by atoms with E-state index in [-0.39, 0.29) is 6.10 Å². The molecule has 0 radical (unpaired) electrons. The molecule has 1 aromatic heterocycles. The summed E-state index contributed by atoms with van der Waals surface area (Å²) in [7, 11) is 0. The summed E-state index contributed by atoms with van der Waals surface area (Å²) in [5.74, 6) is 0. The maximum atomic E-state index is 10.2. The first-order valence-electron chi connectivity index (χ1n) is 6.75. The van der Waals surface area contributed by atoms with Crippen molar-refractivity contribution in [1.82, 2.24) is 4.98 Å². The van der Waals surface area contributed by atoms with Gasteiger partial charge in [-0.3, -0.25) is 0 Å². The van der Waals surface area contributed by atoms with Gasteiger partial charge in [-0.1, -0.05) is 37.5 Å². The second-order valence-electron chi connectivity index (χ2n) is 5.08. The van der Waals surface area contributed by atoms with E-state index >= 15 is 0 Å². The third kappa shape index (κ3) is 2.57. The Morgan fingerprint density at radius 3 is 2.83 bits per heavy atom. The summed E-state index contributed by atoms with van der Waals surface area (Å²) in [6.45, 7) is 0. The molecular weight excluding hydrogens is 242 g/mol. The fourth-order valence-electron chi connectivity index (χ4n) is 2.66. The quantitative estimate of drug-likeness (QED) is 0.803. The molecule has 1 heterocycles. The largest absolute Gasteiger partial charge is 0.392 e. The molecule has 0 saturated heterocycles. The molecule has 2 atom stereocenters. The normalized spacial score (nSPS) is 25.2. The zero-order chi connectivity index (χ0) is 12.4. The van der Waals surface area contributed by atoms with Crippen LogP contribution in [0.2, 0.25) is 0 Å². The maximum Gasteiger partial charge on any atom is 0.0736 e. The van der Waals surface area contributed by atoms with E-state index in [2.05, 4.69) is 29.2 Å². The van der Waals surface area contributed by atoms with E-state index in [0.29, 0.717) is 5.25 Å². The highest BCUT2D eigenvalue weighted by Crippen LogP contribution is 2.34. The van der Waals surface area contributed by atoms with Crippen LogP contribution in [0.25, 0.3) is 10.9 Å². The van der Waals surface area contributed by atoms with Gasteiger partial charge in [0.25, 0.3) is 0 Å². The standard InChI is InChI=1S/C15H19NOS/c17-13-8-2-1-3-9-14(13)18-15-10-11-6-4-5-7-12(11)16-15/h4-7,10,13-14,16-17H,1-3,8-9H2. The first kappa shape index (κ1) is 12.1. The van der Waals surface area contributed by atoms with Crippen LogP contribution in [-0.4, -0.2) is 21.4 Å². The minimum atomic E-state index is -0.149. The van der Waals surface area contributed by atoms with E-state index in [1.165, 1.54) is 35.2 Å². The molecular formula is C15H19NOS. The Morgan fingerprint density at radius 1 is 1.11 bits per heavy atom. The number of aliphatic hydroxyl groups is 1. The van der Waals surface area contributed by atoms with Gasteiger partial charge in [0.1, 0.15) is 0 Å². The van der Waals surface area contributed by atoms with Crippen molar-refractivity contribution in [3.8, 4) is 0 Å². The first-order chi connectivity index (χ1) is 8.83. The Bertz CT molecular complexity index is 489. The summed E-state index contributed by atoms with van der Waals surface area (Å²) >= 11 is 1.81. The average molecular weight is 261 g/mol. The van der Waals surface area contributed by atoms with Crippen LogP contribution >= 0.6 is 11.8 Å². The topological polar surface area (TPSA) is 36.0 Å². The zero-order valence-electron chi connectivity index (χ0n) is 10.4. The number of fused-ring (bicyclic) bond motifs is 1. The van der Waals surface area contributed by atoms with Gasteiger partial charge in [-0.05, 0) is 25.0 Å². The summed E-state index contributed by atoms with van der Waals surface area (Å²) in [6.07, 6.45) is 5.61. The van der Waals surface area contributed by atoms with Crippen molar-refractivity contribution in [3.05, 3.63) is 30.3 Å². The average Bonchev–Trinajstić information content (AvgIpc) is 2.68. The maximum absolute atomic E-state index is 10.2. The molecule has 3 heteroatoms. The molecule has 0 spiro atoms. The zero-order valence-corrected chi connectivity index (χ0v) is 11.2. The van der Waals surface area contributed by atoms with E-state index in [9.17, 15) is 5.11 Å². The number of H-pyrrole nitrogens is 1. The first-order valence-corrected chi connectivity index (χ1v) is 7.63. The number of benzene rings is 1. The van der Waals surface area contributed by atoms with Crippen molar-refractivity contribution >= 4 is 22.7 Å². The highest BCUT2D eigenvalue weighted by Gasteiger charge is 2.23. The van der Waals surface area contributed by atoms with Gasteiger partial charge in [-0.25, -0.2) is 0 Å². The lowest BCUT2D eigenvalue weighted by Crippen LogP contribution is -2.21. The van der Waals surface area contributed by atoms with Gasteiger partial charge in [-0.15, -0.1) is 11.8 Å². The molecule has 0 bridgehead atoms. The van der Waals surface area contributed by atoms with E-state index in [4.69, 9.17) is 0 Å². The molecule has 2 unspecified atom stereocenters. The highest BCUT2D eigenvalue weighted by molar-refractivity contribution is 7.99. The van der Waals surface area contributed by atoms with Crippen LogP contribution in [0.4, 0.5) is 0 Å². The van der Waals surface area contributed by atoms with Gasteiger partial charge < -0.3 is 10.1 Å². The predicted molar refractivity (Wildman–Crippen MR) is 77.0 cm³/mol. The van der Waals surface area contributed by atoms with Crippen molar-refractivity contribution < 1.29 is 5.11 Å². The van der Waals surface area contributed by atoms with Crippen molar-refractivity contribution in [2.45, 2.75) is 48.5 Å². The fourth-order valence-corrected chi connectivity index (χ4v) is 3.93. The molecule has 1 aliphatic carbocycles. The third-order valence-electron chi connectivity index (χ3n) is 3.70. The third-order valence-corrected chi connectivity index (χ3v) is 5.03. The molecule has 2 aromatic rings. The molecule has 2 nitrogen and oxygen atoms in total. The van der Waals surface area contributed by atoms with Gasteiger partial charge in [0.15, 0.2) is 0 Å². The van der Waals surface area contributed by atoms with Gasteiger partial charge >= 0.3 is 0 Å². The minimum Gasteiger partial charge on any atom is -0.392 e. The van der Waals surface area contributed by atoms with E-state index < -0.39 is 0 Å². The fraction of sp³-hybridized carbons (Fsp3) is 0.467. The second kappa shape index (κ2) is 5.37. The second-order valence-corrected chi connectivity index (χ2v) is 6.36. The number of hydrogen-bond donors (Lipinski definition) is 2. The van der Waals surface area contributed by atoms with E-state index in [0.717, 1.165) is 12.8 Å². The molecule has 18 heavy (non-hydrogen) atoms. The Kier molecular flexibility index (Phi) is 3.62. The van der Waals surface area contributed by atoms with Crippen LogP contribution in [0.3, 0.4) is 0 Å². The van der Waals surface area contributed by atoms with Crippen molar-refractivity contribution in [2.75, 3.05) is 0 Å². The van der Waals surface area contributed by atoms with Crippen molar-refractivity contribution in [3.63, 3.8) is 0 Å². The molecule has 1 saturated carbocycles. The molecule has 1 aromatic carbocycles. The number of nitrogens with one attached hydrogen (secondary N) is 1. The molecule has 3 rings (SSSR count). The smallest absolute Gasteiger partial charge is 0.0736 e. The van der Waals surface area contributed by atoms with Crippen LogP contribution in [0.15, 0.2) is 35.4 Å². The molecule has 96 valence electrons. The number of rotatable bonds is 2. The summed E-state index contributed by atoms with van der Waals surface area (Å²) in [4.78, 5) is 3.44. The van der Waals surface area contributed by atoms with Crippen LogP contribution in [-0.2, 0) is 0 Å². The lowest BCUT2D eigenvalue weighted by molar-refractivity contribution is 0.163. The number of hydrogen-bond acceptors (Lipinski definition) is 2. The van der Waals surface area contributed by atoms with Gasteiger partial charge in [0, 0.05) is 16.2 Å². The minimum absolute atomic E-state index is 0.149. The van der Waals surface area contributed by atoms with Crippen LogP contribution in [0, 0.1) is 0 Å².